The number of piperidine rings is 1. The quantitative estimate of drug-likeness (QED) is 0.662. The lowest BCUT2D eigenvalue weighted by atomic mass is 10.1. The van der Waals surface area contributed by atoms with Crippen LogP contribution >= 0.6 is 7.60 Å². The van der Waals surface area contributed by atoms with Crippen molar-refractivity contribution >= 4 is 34.3 Å². The molecular weight excluding hydrogens is 399 g/mol. The molecule has 152 valence electrons. The van der Waals surface area contributed by atoms with Crippen molar-refractivity contribution < 1.29 is 22.4 Å². The molecule has 1 heterocycles. The van der Waals surface area contributed by atoms with Gasteiger partial charge in [0.25, 0.3) is 10.0 Å². The molecule has 0 spiro atoms. The smallest absolute Gasteiger partial charge is 0.358 e. The van der Waals surface area contributed by atoms with Gasteiger partial charge in [0.05, 0.1) is 28.2 Å². The van der Waals surface area contributed by atoms with Gasteiger partial charge in [0, 0.05) is 13.1 Å². The molecule has 0 radical (unpaired) electrons. The Morgan fingerprint density at radius 2 is 1.71 bits per heavy atom. The minimum atomic E-state index is -3.93. The molecule has 1 unspecified atom stereocenters. The summed E-state index contributed by atoms with van der Waals surface area (Å²) in [5, 5.41) is 0.0574. The minimum absolute atomic E-state index is 0.0150. The third-order valence-electron chi connectivity index (χ3n) is 4.62. The van der Waals surface area contributed by atoms with Gasteiger partial charge in [-0.2, -0.15) is 0 Å². The summed E-state index contributed by atoms with van der Waals surface area (Å²) in [5.41, 5.74) is 1.38. The Morgan fingerprint density at radius 1 is 1.07 bits per heavy atom. The van der Waals surface area contributed by atoms with Crippen molar-refractivity contribution in [1.82, 2.24) is 0 Å². The lowest BCUT2D eigenvalue weighted by Gasteiger charge is -2.30. The second-order valence-electron chi connectivity index (χ2n) is 6.60. The standard InChI is InChI=1S/C19H25N2O5PS/c1-2-26-27(22,23)16-10-12-17(13-11-16)28(24,25)20-18-8-4-5-9-19(18)21-14-6-3-7-15-21/h4-5,8-13,20H,2-3,6-7,14-15H2,1H3,(H,22,23). The number of nitrogens with one attached hydrogen (secondary N) is 1. The summed E-state index contributed by atoms with van der Waals surface area (Å²) < 4.78 is 45.2. The molecule has 2 aromatic rings. The van der Waals surface area contributed by atoms with Crippen molar-refractivity contribution in [3.05, 3.63) is 48.5 Å². The highest BCUT2D eigenvalue weighted by molar-refractivity contribution is 7.92. The van der Waals surface area contributed by atoms with E-state index in [-0.39, 0.29) is 16.8 Å². The first-order valence-electron chi connectivity index (χ1n) is 9.28. The van der Waals surface area contributed by atoms with Gasteiger partial charge in [-0.3, -0.25) is 9.29 Å². The first kappa shape index (κ1) is 20.9. The molecule has 0 aromatic heterocycles. The fraction of sp³-hybridized carbons (Fsp3) is 0.368. The van der Waals surface area contributed by atoms with Crippen LogP contribution in [0.1, 0.15) is 26.2 Å². The molecule has 0 amide bonds. The predicted octanol–water partition coefficient (Wildman–Crippen LogP) is 3.32. The van der Waals surface area contributed by atoms with Crippen LogP contribution in [0.5, 0.6) is 0 Å². The van der Waals surface area contributed by atoms with Gasteiger partial charge in [-0.1, -0.05) is 12.1 Å². The lowest BCUT2D eigenvalue weighted by Crippen LogP contribution is -2.30. The maximum atomic E-state index is 12.8. The van der Waals surface area contributed by atoms with Crippen molar-refractivity contribution in [2.75, 3.05) is 29.3 Å². The molecule has 7 nitrogen and oxygen atoms in total. The van der Waals surface area contributed by atoms with Crippen LogP contribution in [0.4, 0.5) is 11.4 Å². The van der Waals surface area contributed by atoms with Crippen LogP contribution < -0.4 is 14.9 Å². The summed E-state index contributed by atoms with van der Waals surface area (Å²) in [6.45, 7) is 3.50. The summed E-state index contributed by atoms with van der Waals surface area (Å²) in [5.74, 6) is 0. The van der Waals surface area contributed by atoms with E-state index in [4.69, 9.17) is 4.52 Å². The number of benzene rings is 2. The van der Waals surface area contributed by atoms with Crippen molar-refractivity contribution in [2.45, 2.75) is 31.1 Å². The van der Waals surface area contributed by atoms with E-state index in [0.717, 1.165) is 31.6 Å². The van der Waals surface area contributed by atoms with E-state index in [1.54, 1.807) is 19.1 Å². The average molecular weight is 424 g/mol. The predicted molar refractivity (Wildman–Crippen MR) is 111 cm³/mol. The van der Waals surface area contributed by atoms with Gasteiger partial charge in [-0.15, -0.1) is 0 Å². The monoisotopic (exact) mass is 424 g/mol. The second kappa shape index (κ2) is 8.66. The topological polar surface area (TPSA) is 95.9 Å². The first-order chi connectivity index (χ1) is 13.3. The molecule has 0 bridgehead atoms. The largest absolute Gasteiger partial charge is 0.370 e. The Balaban J connectivity index is 1.84. The van der Waals surface area contributed by atoms with E-state index in [2.05, 4.69) is 9.62 Å². The Hall–Kier alpha value is -1.86. The normalized spacial score (nSPS) is 17.1. The highest BCUT2D eigenvalue weighted by Crippen LogP contribution is 2.40. The van der Waals surface area contributed by atoms with Gasteiger partial charge < -0.3 is 14.3 Å². The number of nitrogens with zero attached hydrogens (tertiary/aromatic N) is 1. The molecule has 0 aliphatic carbocycles. The van der Waals surface area contributed by atoms with Crippen molar-refractivity contribution in [2.24, 2.45) is 0 Å². The van der Waals surface area contributed by atoms with Crippen LogP contribution in [0.25, 0.3) is 0 Å². The molecule has 28 heavy (non-hydrogen) atoms. The summed E-state index contributed by atoms with van der Waals surface area (Å²) in [4.78, 5) is 12.1. The molecule has 1 atom stereocenters. The zero-order valence-corrected chi connectivity index (χ0v) is 17.5. The Morgan fingerprint density at radius 3 is 2.36 bits per heavy atom. The number of rotatable bonds is 7. The van der Waals surface area contributed by atoms with E-state index in [1.165, 1.54) is 30.7 Å². The maximum absolute atomic E-state index is 12.8. The Bertz CT molecular complexity index is 957. The summed E-state index contributed by atoms with van der Waals surface area (Å²) in [6, 6.07) is 12.6. The second-order valence-corrected chi connectivity index (χ2v) is 10.1. The molecule has 2 aromatic carbocycles. The average Bonchev–Trinajstić information content (AvgIpc) is 2.69. The fourth-order valence-corrected chi connectivity index (χ4v) is 5.34. The first-order valence-corrected chi connectivity index (χ1v) is 12.3. The van der Waals surface area contributed by atoms with E-state index in [0.29, 0.717) is 5.69 Å². The molecule has 0 saturated carbocycles. The summed E-state index contributed by atoms with van der Waals surface area (Å²) in [6.07, 6.45) is 3.36. The molecule has 9 heteroatoms. The number of hydrogen-bond acceptors (Lipinski definition) is 5. The van der Waals surface area contributed by atoms with Crippen LogP contribution in [0, 0.1) is 0 Å². The molecule has 1 saturated heterocycles. The lowest BCUT2D eigenvalue weighted by molar-refractivity contribution is 0.284. The summed E-state index contributed by atoms with van der Waals surface area (Å²) >= 11 is 0. The zero-order valence-electron chi connectivity index (χ0n) is 15.7. The van der Waals surface area contributed by atoms with Gasteiger partial charge >= 0.3 is 7.60 Å². The molecule has 2 N–H and O–H groups in total. The van der Waals surface area contributed by atoms with Crippen molar-refractivity contribution in [1.29, 1.82) is 0 Å². The van der Waals surface area contributed by atoms with Crippen LogP contribution in [-0.4, -0.2) is 33.0 Å². The van der Waals surface area contributed by atoms with Crippen LogP contribution in [0.2, 0.25) is 0 Å². The Labute approximate surface area is 165 Å². The van der Waals surface area contributed by atoms with Gasteiger partial charge in [0.15, 0.2) is 0 Å². The molecule has 1 aliphatic rings. The van der Waals surface area contributed by atoms with Gasteiger partial charge in [0.2, 0.25) is 0 Å². The van der Waals surface area contributed by atoms with Crippen LogP contribution in [-0.2, 0) is 19.1 Å². The van der Waals surface area contributed by atoms with E-state index < -0.39 is 17.6 Å². The molecule has 1 aliphatic heterocycles. The fourth-order valence-electron chi connectivity index (χ4n) is 3.24. The Kier molecular flexibility index (Phi) is 6.45. The minimum Gasteiger partial charge on any atom is -0.370 e. The van der Waals surface area contributed by atoms with Crippen LogP contribution in [0.3, 0.4) is 0 Å². The van der Waals surface area contributed by atoms with Crippen molar-refractivity contribution in [3.8, 4) is 0 Å². The number of anilines is 2. The van der Waals surface area contributed by atoms with E-state index >= 15 is 0 Å². The van der Waals surface area contributed by atoms with Crippen molar-refractivity contribution in [3.63, 3.8) is 0 Å². The number of para-hydroxylation sites is 2. The van der Waals surface area contributed by atoms with Gasteiger partial charge in [-0.25, -0.2) is 8.42 Å². The highest BCUT2D eigenvalue weighted by Gasteiger charge is 2.24. The summed E-state index contributed by atoms with van der Waals surface area (Å²) in [7, 11) is -7.77. The van der Waals surface area contributed by atoms with Gasteiger partial charge in [-0.05, 0) is 62.6 Å². The van der Waals surface area contributed by atoms with Crippen LogP contribution in [0.15, 0.2) is 53.4 Å². The highest BCUT2D eigenvalue weighted by atomic mass is 32.2. The SMILES string of the molecule is CCOP(=O)(O)c1ccc(S(=O)(=O)Nc2ccccc2N2CCCCC2)cc1. The van der Waals surface area contributed by atoms with Gasteiger partial charge in [0.1, 0.15) is 0 Å². The van der Waals surface area contributed by atoms with E-state index in [1.807, 2.05) is 12.1 Å². The molecule has 3 rings (SSSR count). The third-order valence-corrected chi connectivity index (χ3v) is 7.56. The molecular formula is C19H25N2O5PS. The third kappa shape index (κ3) is 4.75. The van der Waals surface area contributed by atoms with E-state index in [9.17, 15) is 17.9 Å². The molecule has 1 fully saturated rings. The maximum Gasteiger partial charge on any atom is 0.358 e. The number of sulfonamides is 1. The zero-order chi connectivity index (χ0) is 20.2. The number of hydrogen-bond donors (Lipinski definition) is 2.